The third kappa shape index (κ3) is 6.24. The standard InChI is InChI=1S/C20H28N5O5P/c1-13(2)29-31(27,30-14(3)4)12-28-10-16-7-5-6-15(8-16)9-25-11-22-17-18(25)23-20(21)24-19(17)26/h5-8,11,13-14H,9-10,12H2,1-4H3,(H3,21,23,24,26). The van der Waals surface area contributed by atoms with Gasteiger partial charge in [0.1, 0.15) is 6.35 Å². The predicted molar refractivity (Wildman–Crippen MR) is 118 cm³/mol. The van der Waals surface area contributed by atoms with Crippen LogP contribution in [-0.4, -0.2) is 38.1 Å². The average molecular weight is 449 g/mol. The number of hydrogen-bond donors (Lipinski definition) is 2. The summed E-state index contributed by atoms with van der Waals surface area (Å²) in [6.45, 7) is 7.90. The van der Waals surface area contributed by atoms with Gasteiger partial charge in [-0.15, -0.1) is 0 Å². The molecular formula is C20H28N5O5P. The van der Waals surface area contributed by atoms with Crippen molar-refractivity contribution in [3.8, 4) is 0 Å². The molecule has 0 fully saturated rings. The Labute approximate surface area is 180 Å². The molecule has 3 aromatic rings. The second kappa shape index (κ2) is 9.74. The molecule has 168 valence electrons. The molecule has 3 N–H and O–H groups in total. The Morgan fingerprint density at radius 2 is 1.84 bits per heavy atom. The molecule has 0 bridgehead atoms. The van der Waals surface area contributed by atoms with E-state index in [9.17, 15) is 9.36 Å². The Morgan fingerprint density at radius 3 is 2.52 bits per heavy atom. The number of anilines is 1. The molecule has 0 atom stereocenters. The summed E-state index contributed by atoms with van der Waals surface area (Å²) in [5.74, 6) is 0.0399. The van der Waals surface area contributed by atoms with Crippen molar-refractivity contribution in [1.82, 2.24) is 19.5 Å². The van der Waals surface area contributed by atoms with Gasteiger partial charge in [-0.05, 0) is 38.8 Å². The van der Waals surface area contributed by atoms with Gasteiger partial charge >= 0.3 is 7.60 Å². The second-order valence-corrected chi connectivity index (χ2v) is 9.61. The SMILES string of the molecule is CC(C)OP(=O)(COCc1cccc(Cn2cnc3c(=O)[nH]c(N)nc32)c1)OC(C)C. The van der Waals surface area contributed by atoms with Crippen LogP contribution in [0.5, 0.6) is 0 Å². The molecule has 0 spiro atoms. The number of aromatic amines is 1. The second-order valence-electron chi connectivity index (χ2n) is 7.71. The number of nitrogens with two attached hydrogens (primary N) is 1. The van der Waals surface area contributed by atoms with Gasteiger partial charge in [0.05, 0.1) is 31.7 Å². The van der Waals surface area contributed by atoms with Gasteiger partial charge in [0.25, 0.3) is 5.56 Å². The van der Waals surface area contributed by atoms with Gasteiger partial charge in [0, 0.05) is 0 Å². The van der Waals surface area contributed by atoms with Crippen molar-refractivity contribution in [2.75, 3.05) is 12.1 Å². The third-order valence-corrected chi connectivity index (χ3v) is 6.08. The number of ether oxygens (including phenoxy) is 1. The van der Waals surface area contributed by atoms with Crippen molar-refractivity contribution < 1.29 is 18.3 Å². The van der Waals surface area contributed by atoms with Crippen LogP contribution in [0, 0.1) is 0 Å². The first-order chi connectivity index (χ1) is 14.6. The van der Waals surface area contributed by atoms with Gasteiger partial charge < -0.3 is 24.1 Å². The summed E-state index contributed by atoms with van der Waals surface area (Å²) in [6.07, 6.45) is 0.942. The van der Waals surface area contributed by atoms with Crippen molar-refractivity contribution in [2.24, 2.45) is 0 Å². The summed E-state index contributed by atoms with van der Waals surface area (Å²) in [7, 11) is -3.35. The number of benzene rings is 1. The van der Waals surface area contributed by atoms with Gasteiger partial charge in [-0.3, -0.25) is 14.3 Å². The van der Waals surface area contributed by atoms with E-state index >= 15 is 0 Å². The number of rotatable bonds is 10. The first-order valence-electron chi connectivity index (χ1n) is 9.97. The van der Waals surface area contributed by atoms with Gasteiger partial charge in [-0.2, -0.15) is 4.98 Å². The largest absolute Gasteiger partial charge is 0.369 e. The molecule has 0 amide bonds. The molecule has 0 saturated carbocycles. The summed E-state index contributed by atoms with van der Waals surface area (Å²) < 4.78 is 31.3. The first kappa shape index (κ1) is 23.1. The Balaban J connectivity index is 1.68. The molecule has 0 aliphatic heterocycles. The van der Waals surface area contributed by atoms with Crippen molar-refractivity contribution >= 4 is 24.7 Å². The van der Waals surface area contributed by atoms with E-state index in [1.165, 1.54) is 0 Å². The molecule has 0 unspecified atom stereocenters. The number of aromatic nitrogens is 4. The third-order valence-electron chi connectivity index (χ3n) is 4.10. The van der Waals surface area contributed by atoms with Crippen LogP contribution in [0.25, 0.3) is 11.2 Å². The Hall–Kier alpha value is -2.52. The van der Waals surface area contributed by atoms with Crippen LogP contribution in [0.4, 0.5) is 5.95 Å². The summed E-state index contributed by atoms with van der Waals surface area (Å²) in [4.78, 5) is 22.7. The lowest BCUT2D eigenvalue weighted by molar-refractivity contribution is 0.0931. The average Bonchev–Trinajstić information content (AvgIpc) is 3.03. The van der Waals surface area contributed by atoms with E-state index in [2.05, 4.69) is 15.0 Å². The van der Waals surface area contributed by atoms with E-state index in [1.54, 1.807) is 38.6 Å². The lowest BCUT2D eigenvalue weighted by atomic mass is 10.1. The van der Waals surface area contributed by atoms with E-state index in [-0.39, 0.29) is 42.2 Å². The van der Waals surface area contributed by atoms with E-state index in [1.807, 2.05) is 24.3 Å². The fourth-order valence-electron chi connectivity index (χ4n) is 3.10. The molecular weight excluding hydrogens is 421 g/mol. The van der Waals surface area contributed by atoms with Crippen LogP contribution in [-0.2, 0) is 31.5 Å². The molecule has 0 aliphatic rings. The molecule has 2 heterocycles. The quantitative estimate of drug-likeness (QED) is 0.451. The zero-order valence-corrected chi connectivity index (χ0v) is 19.0. The van der Waals surface area contributed by atoms with E-state index in [0.29, 0.717) is 12.2 Å². The summed E-state index contributed by atoms with van der Waals surface area (Å²) in [5.41, 5.74) is 7.79. The molecule has 2 aromatic heterocycles. The lowest BCUT2D eigenvalue weighted by Gasteiger charge is -2.22. The number of nitrogens with one attached hydrogen (secondary N) is 1. The van der Waals surface area contributed by atoms with E-state index in [0.717, 1.165) is 11.1 Å². The van der Waals surface area contributed by atoms with Crippen molar-refractivity contribution in [1.29, 1.82) is 0 Å². The molecule has 11 heteroatoms. The zero-order valence-electron chi connectivity index (χ0n) is 18.1. The lowest BCUT2D eigenvalue weighted by Crippen LogP contribution is -2.12. The smallest absolute Gasteiger partial charge is 0.356 e. The number of nitrogens with zero attached hydrogens (tertiary/aromatic N) is 3. The topological polar surface area (TPSA) is 134 Å². The van der Waals surface area contributed by atoms with Crippen LogP contribution < -0.4 is 11.3 Å². The minimum Gasteiger partial charge on any atom is -0.369 e. The highest BCUT2D eigenvalue weighted by atomic mass is 31.2. The predicted octanol–water partition coefficient (Wildman–Crippen LogP) is 3.27. The van der Waals surface area contributed by atoms with E-state index in [4.69, 9.17) is 19.5 Å². The maximum absolute atomic E-state index is 12.9. The number of nitrogen functional groups attached to an aromatic ring is 1. The monoisotopic (exact) mass is 449 g/mol. The highest BCUT2D eigenvalue weighted by Gasteiger charge is 2.28. The summed E-state index contributed by atoms with van der Waals surface area (Å²) in [5, 5.41) is 0. The Morgan fingerprint density at radius 1 is 1.16 bits per heavy atom. The van der Waals surface area contributed by atoms with Gasteiger partial charge in [0.2, 0.25) is 5.95 Å². The number of hydrogen-bond acceptors (Lipinski definition) is 8. The molecule has 1 aromatic carbocycles. The van der Waals surface area contributed by atoms with Gasteiger partial charge in [-0.25, -0.2) is 4.98 Å². The maximum Gasteiger partial charge on any atom is 0.356 e. The fraction of sp³-hybridized carbons (Fsp3) is 0.450. The number of imidazole rings is 1. The van der Waals surface area contributed by atoms with Crippen LogP contribution in [0.3, 0.4) is 0 Å². The highest BCUT2D eigenvalue weighted by molar-refractivity contribution is 7.53. The molecule has 31 heavy (non-hydrogen) atoms. The molecule has 0 radical (unpaired) electrons. The zero-order chi connectivity index (χ0) is 22.6. The Bertz CT molecular complexity index is 1130. The normalized spacial score (nSPS) is 12.3. The minimum atomic E-state index is -3.35. The van der Waals surface area contributed by atoms with Gasteiger partial charge in [-0.1, -0.05) is 24.3 Å². The molecule has 0 saturated heterocycles. The number of H-pyrrole nitrogens is 1. The fourth-order valence-corrected chi connectivity index (χ4v) is 4.88. The molecule has 0 aliphatic carbocycles. The van der Waals surface area contributed by atoms with Crippen molar-refractivity contribution in [3.05, 3.63) is 52.1 Å². The van der Waals surface area contributed by atoms with Crippen LogP contribution in [0.2, 0.25) is 0 Å². The minimum absolute atomic E-state index is 0.0399. The van der Waals surface area contributed by atoms with Crippen LogP contribution in [0.15, 0.2) is 35.4 Å². The maximum atomic E-state index is 12.9. The van der Waals surface area contributed by atoms with Crippen molar-refractivity contribution in [3.63, 3.8) is 0 Å². The Kier molecular flexibility index (Phi) is 7.27. The first-order valence-corrected chi connectivity index (χ1v) is 11.7. The van der Waals surface area contributed by atoms with Crippen LogP contribution >= 0.6 is 7.60 Å². The summed E-state index contributed by atoms with van der Waals surface area (Å²) in [6, 6.07) is 7.71. The van der Waals surface area contributed by atoms with Crippen LogP contribution in [0.1, 0.15) is 38.8 Å². The molecule has 10 nitrogen and oxygen atoms in total. The number of fused-ring (bicyclic) bond motifs is 1. The summed E-state index contributed by atoms with van der Waals surface area (Å²) >= 11 is 0. The van der Waals surface area contributed by atoms with Gasteiger partial charge in [0.15, 0.2) is 11.2 Å². The highest BCUT2D eigenvalue weighted by Crippen LogP contribution is 2.50. The van der Waals surface area contributed by atoms with Crippen molar-refractivity contribution in [2.45, 2.75) is 53.1 Å². The molecule has 3 rings (SSSR count). The van der Waals surface area contributed by atoms with E-state index < -0.39 is 7.60 Å².